The number of carbonyl (C=O) groups is 1. The number of hydrogen-bond donors (Lipinski definition) is 2. The maximum Gasteiger partial charge on any atom is 0.263 e. The van der Waals surface area contributed by atoms with Gasteiger partial charge in [0.05, 0.1) is 29.6 Å². The van der Waals surface area contributed by atoms with Crippen LogP contribution in [0.15, 0.2) is 67.0 Å². The van der Waals surface area contributed by atoms with Crippen LogP contribution in [0, 0.1) is 0 Å². The first-order chi connectivity index (χ1) is 15.5. The maximum atomic E-state index is 13.0. The number of para-hydroxylation sites is 2. The number of ether oxygens (including phenoxy) is 1. The van der Waals surface area contributed by atoms with Crippen molar-refractivity contribution in [1.29, 1.82) is 0 Å². The summed E-state index contributed by atoms with van der Waals surface area (Å²) in [6, 6.07) is 17.7. The van der Waals surface area contributed by atoms with Crippen molar-refractivity contribution in [3.05, 3.63) is 72.6 Å². The predicted molar refractivity (Wildman–Crippen MR) is 122 cm³/mol. The van der Waals surface area contributed by atoms with Crippen molar-refractivity contribution in [2.75, 3.05) is 11.4 Å². The van der Waals surface area contributed by atoms with Gasteiger partial charge in [0, 0.05) is 18.9 Å². The fourth-order valence-corrected chi connectivity index (χ4v) is 4.63. The van der Waals surface area contributed by atoms with Crippen LogP contribution >= 0.6 is 0 Å². The Morgan fingerprint density at radius 2 is 2.03 bits per heavy atom. The van der Waals surface area contributed by atoms with Gasteiger partial charge in [-0.05, 0) is 62.1 Å². The molecule has 7 heteroatoms. The van der Waals surface area contributed by atoms with Crippen LogP contribution in [0.4, 0.5) is 5.69 Å². The molecule has 2 heterocycles. The van der Waals surface area contributed by atoms with Crippen LogP contribution in [0.25, 0.3) is 5.69 Å². The van der Waals surface area contributed by atoms with Crippen molar-refractivity contribution in [2.24, 2.45) is 0 Å². The van der Waals surface area contributed by atoms with Gasteiger partial charge in [0.2, 0.25) is 0 Å². The molecule has 1 fully saturated rings. The zero-order valence-electron chi connectivity index (χ0n) is 18.1. The summed E-state index contributed by atoms with van der Waals surface area (Å²) in [6.07, 6.45) is 5.44. The normalized spacial score (nSPS) is 24.6. The molecule has 1 saturated carbocycles. The molecule has 0 radical (unpaired) electrons. The molecule has 3 aromatic rings. The lowest BCUT2D eigenvalue weighted by molar-refractivity contribution is -0.130. The zero-order valence-corrected chi connectivity index (χ0v) is 18.1. The number of benzene rings is 2. The summed E-state index contributed by atoms with van der Waals surface area (Å²) in [5, 5.41) is 17.8. The predicted octanol–water partition coefficient (Wildman–Crippen LogP) is 3.06. The van der Waals surface area contributed by atoms with Crippen molar-refractivity contribution in [3.8, 4) is 11.4 Å². The molecule has 0 spiro atoms. The molecule has 2 N–H and O–H groups in total. The van der Waals surface area contributed by atoms with Gasteiger partial charge < -0.3 is 20.1 Å². The Balaban J connectivity index is 1.33. The first-order valence-corrected chi connectivity index (χ1v) is 11.1. The van der Waals surface area contributed by atoms with Crippen LogP contribution in [-0.2, 0) is 11.3 Å². The van der Waals surface area contributed by atoms with Crippen molar-refractivity contribution in [2.45, 2.75) is 50.5 Å². The molecule has 32 heavy (non-hydrogen) atoms. The average molecular weight is 433 g/mol. The van der Waals surface area contributed by atoms with Gasteiger partial charge in [0.1, 0.15) is 5.75 Å². The van der Waals surface area contributed by atoms with Gasteiger partial charge in [-0.25, -0.2) is 4.68 Å². The number of aromatic nitrogens is 2. The van der Waals surface area contributed by atoms with Crippen LogP contribution in [0.3, 0.4) is 0 Å². The molecular formula is C25H28N4O3. The number of fused-ring (bicyclic) bond motifs is 1. The van der Waals surface area contributed by atoms with Gasteiger partial charge in [0.25, 0.3) is 5.91 Å². The number of nitrogens with one attached hydrogen (secondary N) is 1. The zero-order chi connectivity index (χ0) is 22.1. The molecule has 166 valence electrons. The summed E-state index contributed by atoms with van der Waals surface area (Å²) >= 11 is 0. The fourth-order valence-electron chi connectivity index (χ4n) is 4.63. The van der Waals surface area contributed by atoms with Gasteiger partial charge in [-0.1, -0.05) is 24.3 Å². The average Bonchev–Trinajstić information content (AvgIpc) is 3.44. The van der Waals surface area contributed by atoms with Crippen LogP contribution < -0.4 is 15.0 Å². The Labute approximate surface area is 187 Å². The lowest BCUT2D eigenvalue weighted by Gasteiger charge is -2.37. The van der Waals surface area contributed by atoms with E-state index in [0.717, 1.165) is 29.8 Å². The number of hydrogen-bond acceptors (Lipinski definition) is 5. The Morgan fingerprint density at radius 3 is 2.75 bits per heavy atom. The minimum atomic E-state index is -0.863. The number of anilines is 1. The highest BCUT2D eigenvalue weighted by Gasteiger charge is 2.40. The summed E-state index contributed by atoms with van der Waals surface area (Å²) in [4.78, 5) is 15.2. The molecule has 1 amide bonds. The number of carbonyl (C=O) groups excluding carboxylic acids is 1. The van der Waals surface area contributed by atoms with E-state index in [9.17, 15) is 9.90 Å². The Morgan fingerprint density at radius 1 is 1.22 bits per heavy atom. The Hall–Kier alpha value is -3.32. The third-order valence-corrected chi connectivity index (χ3v) is 6.48. The summed E-state index contributed by atoms with van der Waals surface area (Å²) < 4.78 is 7.89. The monoisotopic (exact) mass is 432 g/mol. The minimum Gasteiger partial charge on any atom is -0.477 e. The van der Waals surface area contributed by atoms with Crippen LogP contribution in [0.5, 0.6) is 5.75 Å². The molecule has 2 aromatic carbocycles. The van der Waals surface area contributed by atoms with Crippen molar-refractivity contribution in [3.63, 3.8) is 0 Å². The first-order valence-electron chi connectivity index (χ1n) is 11.1. The van der Waals surface area contributed by atoms with E-state index >= 15 is 0 Å². The highest BCUT2D eigenvalue weighted by atomic mass is 16.5. The van der Waals surface area contributed by atoms with E-state index in [1.54, 1.807) is 13.1 Å². The molecular weight excluding hydrogens is 404 g/mol. The van der Waals surface area contributed by atoms with E-state index < -0.39 is 11.7 Å². The third-order valence-electron chi connectivity index (χ3n) is 6.48. The summed E-state index contributed by atoms with van der Waals surface area (Å²) in [5.41, 5.74) is 2.25. The Kier molecular flexibility index (Phi) is 5.35. The molecule has 1 aromatic heterocycles. The second-order valence-corrected chi connectivity index (χ2v) is 8.88. The topological polar surface area (TPSA) is 79.6 Å². The second kappa shape index (κ2) is 8.31. The molecule has 7 nitrogen and oxygen atoms in total. The van der Waals surface area contributed by atoms with Crippen LogP contribution in [0.2, 0.25) is 0 Å². The molecule has 1 aliphatic heterocycles. The fraction of sp³-hybridized carbons (Fsp3) is 0.360. The molecule has 0 bridgehead atoms. The van der Waals surface area contributed by atoms with E-state index in [-0.39, 0.29) is 11.9 Å². The molecule has 3 atom stereocenters. The van der Waals surface area contributed by atoms with Crippen molar-refractivity contribution < 1.29 is 14.6 Å². The van der Waals surface area contributed by atoms with E-state index in [0.29, 0.717) is 25.3 Å². The molecule has 2 aliphatic rings. The van der Waals surface area contributed by atoms with Gasteiger partial charge >= 0.3 is 0 Å². The summed E-state index contributed by atoms with van der Waals surface area (Å²) in [5.74, 6) is 0.524. The quantitative estimate of drug-likeness (QED) is 0.648. The Bertz CT molecular complexity index is 1080. The van der Waals surface area contributed by atoms with Crippen LogP contribution in [0.1, 0.15) is 31.7 Å². The standard InChI is InChI=1S/C25H28N4O3/c1-25(31)13-4-8-23(25)27-24(30)22-17-28(20-6-2-3-7-21(20)32-22)16-18-9-11-19(12-10-18)29-15-5-14-26-29/h2-3,5-7,9-12,14-15,22-23,31H,4,8,13,16-17H2,1H3,(H,27,30). The maximum absolute atomic E-state index is 13.0. The molecule has 1 aliphatic carbocycles. The number of amides is 1. The third kappa shape index (κ3) is 4.08. The lowest BCUT2D eigenvalue weighted by Crippen LogP contribution is -2.54. The highest BCUT2D eigenvalue weighted by Crippen LogP contribution is 2.35. The van der Waals surface area contributed by atoms with E-state index in [2.05, 4.69) is 27.4 Å². The molecule has 3 unspecified atom stereocenters. The summed E-state index contributed by atoms with van der Waals surface area (Å²) in [6.45, 7) is 2.89. The van der Waals surface area contributed by atoms with Gasteiger partial charge in [-0.3, -0.25) is 4.79 Å². The van der Waals surface area contributed by atoms with Gasteiger partial charge in [-0.2, -0.15) is 5.10 Å². The van der Waals surface area contributed by atoms with Gasteiger partial charge in [0.15, 0.2) is 6.10 Å². The molecule has 0 saturated heterocycles. The summed E-state index contributed by atoms with van der Waals surface area (Å²) in [7, 11) is 0. The van der Waals surface area contributed by atoms with Gasteiger partial charge in [-0.15, -0.1) is 0 Å². The highest BCUT2D eigenvalue weighted by molar-refractivity contribution is 5.83. The largest absolute Gasteiger partial charge is 0.477 e. The second-order valence-electron chi connectivity index (χ2n) is 8.88. The lowest BCUT2D eigenvalue weighted by atomic mass is 10.0. The number of nitrogens with zero attached hydrogens (tertiary/aromatic N) is 3. The van der Waals surface area contributed by atoms with Crippen molar-refractivity contribution in [1.82, 2.24) is 15.1 Å². The molecule has 5 rings (SSSR count). The van der Waals surface area contributed by atoms with E-state index in [1.807, 2.05) is 53.3 Å². The smallest absolute Gasteiger partial charge is 0.263 e. The SMILES string of the molecule is CC1(O)CCCC1NC(=O)C1CN(Cc2ccc(-n3cccn3)cc2)c2ccccc2O1. The first kappa shape index (κ1) is 20.6. The van der Waals surface area contributed by atoms with E-state index in [1.165, 1.54) is 0 Å². The number of rotatable bonds is 5. The van der Waals surface area contributed by atoms with Crippen LogP contribution in [-0.4, -0.2) is 45.1 Å². The van der Waals surface area contributed by atoms with E-state index in [4.69, 9.17) is 4.74 Å². The van der Waals surface area contributed by atoms with Crippen molar-refractivity contribution >= 4 is 11.6 Å². The number of aliphatic hydroxyl groups is 1. The minimum absolute atomic E-state index is 0.175.